The van der Waals surface area contributed by atoms with Crippen LogP contribution in [0.25, 0.3) is 0 Å². The number of hydrazine groups is 1. The first kappa shape index (κ1) is 22.5. The zero-order valence-corrected chi connectivity index (χ0v) is 17.6. The Labute approximate surface area is 186 Å². The molecule has 32 heavy (non-hydrogen) atoms. The summed E-state index contributed by atoms with van der Waals surface area (Å²) in [5.41, 5.74) is 5.60. The Morgan fingerprint density at radius 2 is 1.06 bits per heavy atom. The third kappa shape index (κ3) is 7.56. The number of methoxy groups -OCH3 is 1. The molecular formula is C24H24N2O6. The number of ether oxygens (including phenoxy) is 4. The molecule has 166 valence electrons. The molecule has 8 nitrogen and oxygen atoms in total. The van der Waals surface area contributed by atoms with Gasteiger partial charge in [-0.3, -0.25) is 20.4 Å². The molecule has 0 unspecified atom stereocenters. The van der Waals surface area contributed by atoms with Crippen molar-refractivity contribution in [2.75, 3.05) is 20.3 Å². The van der Waals surface area contributed by atoms with Gasteiger partial charge in [-0.05, 0) is 54.1 Å². The van der Waals surface area contributed by atoms with E-state index in [0.29, 0.717) is 29.6 Å². The Morgan fingerprint density at radius 1 is 0.625 bits per heavy atom. The number of nitrogens with one attached hydrogen (secondary N) is 2. The molecule has 0 aliphatic rings. The van der Waals surface area contributed by atoms with E-state index in [-0.39, 0.29) is 13.2 Å². The van der Waals surface area contributed by atoms with E-state index in [1.165, 1.54) is 0 Å². The third-order valence-electron chi connectivity index (χ3n) is 4.21. The fraction of sp³-hybridized carbons (Fsp3) is 0.167. The van der Waals surface area contributed by atoms with Crippen LogP contribution >= 0.6 is 0 Å². The highest BCUT2D eigenvalue weighted by atomic mass is 16.5. The molecule has 0 saturated carbocycles. The molecule has 0 aromatic heterocycles. The van der Waals surface area contributed by atoms with Gasteiger partial charge in [0.05, 0.1) is 7.11 Å². The maximum absolute atomic E-state index is 11.9. The Kier molecular flexibility index (Phi) is 8.33. The second kappa shape index (κ2) is 11.8. The summed E-state index contributed by atoms with van der Waals surface area (Å²) in [4.78, 5) is 23.7. The predicted octanol–water partition coefficient (Wildman–Crippen LogP) is 2.88. The van der Waals surface area contributed by atoms with E-state index in [1.807, 2.05) is 30.3 Å². The summed E-state index contributed by atoms with van der Waals surface area (Å²) < 4.78 is 21.5. The molecular weight excluding hydrogens is 412 g/mol. The number of hydrogen-bond acceptors (Lipinski definition) is 6. The van der Waals surface area contributed by atoms with Crippen molar-refractivity contribution in [2.24, 2.45) is 0 Å². The molecule has 2 amide bonds. The van der Waals surface area contributed by atoms with Gasteiger partial charge < -0.3 is 18.9 Å². The quantitative estimate of drug-likeness (QED) is 0.475. The minimum absolute atomic E-state index is 0.252. The first-order valence-electron chi connectivity index (χ1n) is 9.86. The minimum Gasteiger partial charge on any atom is -0.497 e. The molecule has 0 atom stereocenters. The normalized spacial score (nSPS) is 10.0. The molecule has 3 rings (SSSR count). The number of hydrogen-bond donors (Lipinski definition) is 2. The van der Waals surface area contributed by atoms with Crippen LogP contribution in [-0.2, 0) is 16.2 Å². The van der Waals surface area contributed by atoms with Gasteiger partial charge in [0, 0.05) is 0 Å². The summed E-state index contributed by atoms with van der Waals surface area (Å²) in [6, 6.07) is 23.5. The molecule has 3 aromatic rings. The molecule has 0 aliphatic carbocycles. The van der Waals surface area contributed by atoms with Gasteiger partial charge in [0.1, 0.15) is 29.6 Å². The second-order valence-corrected chi connectivity index (χ2v) is 6.59. The van der Waals surface area contributed by atoms with Crippen molar-refractivity contribution in [1.29, 1.82) is 0 Å². The molecule has 3 aromatic carbocycles. The highest BCUT2D eigenvalue weighted by molar-refractivity contribution is 5.83. The van der Waals surface area contributed by atoms with Gasteiger partial charge in [0.15, 0.2) is 13.2 Å². The lowest BCUT2D eigenvalue weighted by Crippen LogP contribution is -2.45. The van der Waals surface area contributed by atoms with E-state index in [2.05, 4.69) is 10.9 Å². The van der Waals surface area contributed by atoms with Crippen LogP contribution in [-0.4, -0.2) is 32.1 Å². The lowest BCUT2D eigenvalue weighted by Gasteiger charge is -2.10. The average molecular weight is 436 g/mol. The maximum atomic E-state index is 11.9. The van der Waals surface area contributed by atoms with Crippen LogP contribution in [0.2, 0.25) is 0 Å². The van der Waals surface area contributed by atoms with Crippen molar-refractivity contribution in [3.8, 4) is 23.0 Å². The lowest BCUT2D eigenvalue weighted by molar-refractivity contribution is -0.131. The number of benzene rings is 3. The summed E-state index contributed by atoms with van der Waals surface area (Å²) in [6.45, 7) is -0.0485. The largest absolute Gasteiger partial charge is 0.497 e. The topological polar surface area (TPSA) is 95.1 Å². The molecule has 0 saturated heterocycles. The number of carbonyl (C=O) groups excluding carboxylic acids is 2. The van der Waals surface area contributed by atoms with E-state index < -0.39 is 11.8 Å². The van der Waals surface area contributed by atoms with Crippen molar-refractivity contribution >= 4 is 11.8 Å². The van der Waals surface area contributed by atoms with Crippen molar-refractivity contribution < 1.29 is 28.5 Å². The van der Waals surface area contributed by atoms with Crippen LogP contribution in [0, 0.1) is 0 Å². The smallest absolute Gasteiger partial charge is 0.276 e. The van der Waals surface area contributed by atoms with Crippen LogP contribution in [0.5, 0.6) is 23.0 Å². The molecule has 8 heteroatoms. The van der Waals surface area contributed by atoms with Crippen LogP contribution in [0.3, 0.4) is 0 Å². The monoisotopic (exact) mass is 436 g/mol. The summed E-state index contributed by atoms with van der Waals surface area (Å²) >= 11 is 0. The minimum atomic E-state index is -0.507. The van der Waals surface area contributed by atoms with Crippen molar-refractivity contribution in [3.05, 3.63) is 84.4 Å². The zero-order chi connectivity index (χ0) is 22.6. The van der Waals surface area contributed by atoms with Crippen LogP contribution in [0.4, 0.5) is 0 Å². The lowest BCUT2D eigenvalue weighted by atomic mass is 10.2. The second-order valence-electron chi connectivity index (χ2n) is 6.59. The molecule has 0 fully saturated rings. The molecule has 2 N–H and O–H groups in total. The van der Waals surface area contributed by atoms with Gasteiger partial charge in [-0.1, -0.05) is 30.3 Å². The number of amides is 2. The van der Waals surface area contributed by atoms with Crippen molar-refractivity contribution in [3.63, 3.8) is 0 Å². The average Bonchev–Trinajstić information content (AvgIpc) is 2.85. The number of rotatable bonds is 10. The van der Waals surface area contributed by atoms with E-state index in [4.69, 9.17) is 18.9 Å². The highest BCUT2D eigenvalue weighted by Crippen LogP contribution is 2.19. The SMILES string of the molecule is COc1ccc(OCC(=O)NNC(=O)COc2ccc(OCc3ccccc3)cc2)cc1. The fourth-order valence-corrected chi connectivity index (χ4v) is 2.55. The molecule has 0 heterocycles. The molecule has 0 aliphatic heterocycles. The Bertz CT molecular complexity index is 991. The van der Waals surface area contributed by atoms with Gasteiger partial charge in [0.25, 0.3) is 11.8 Å². The van der Waals surface area contributed by atoms with E-state index in [9.17, 15) is 9.59 Å². The summed E-state index contributed by atoms with van der Waals surface area (Å²) in [7, 11) is 1.56. The Hall–Kier alpha value is -4.20. The zero-order valence-electron chi connectivity index (χ0n) is 17.6. The molecule has 0 radical (unpaired) electrons. The van der Waals surface area contributed by atoms with Gasteiger partial charge in [-0.2, -0.15) is 0 Å². The summed E-state index contributed by atoms with van der Waals surface area (Å²) in [5.74, 6) is 1.37. The third-order valence-corrected chi connectivity index (χ3v) is 4.21. The number of carbonyl (C=O) groups is 2. The van der Waals surface area contributed by atoms with E-state index >= 15 is 0 Å². The van der Waals surface area contributed by atoms with Crippen molar-refractivity contribution in [2.45, 2.75) is 6.61 Å². The first-order valence-corrected chi connectivity index (χ1v) is 9.86. The maximum Gasteiger partial charge on any atom is 0.276 e. The van der Waals surface area contributed by atoms with E-state index in [1.54, 1.807) is 55.6 Å². The molecule has 0 bridgehead atoms. The van der Waals surface area contributed by atoms with Crippen LogP contribution in [0.1, 0.15) is 5.56 Å². The van der Waals surface area contributed by atoms with E-state index in [0.717, 1.165) is 5.56 Å². The van der Waals surface area contributed by atoms with Gasteiger partial charge in [-0.25, -0.2) is 0 Å². The van der Waals surface area contributed by atoms with Gasteiger partial charge in [-0.15, -0.1) is 0 Å². The van der Waals surface area contributed by atoms with Crippen LogP contribution in [0.15, 0.2) is 78.9 Å². The highest BCUT2D eigenvalue weighted by Gasteiger charge is 2.07. The van der Waals surface area contributed by atoms with Gasteiger partial charge >= 0.3 is 0 Å². The fourth-order valence-electron chi connectivity index (χ4n) is 2.55. The predicted molar refractivity (Wildman–Crippen MR) is 117 cm³/mol. The molecule has 0 spiro atoms. The van der Waals surface area contributed by atoms with Crippen molar-refractivity contribution in [1.82, 2.24) is 10.9 Å². The van der Waals surface area contributed by atoms with Gasteiger partial charge in [0.2, 0.25) is 0 Å². The summed E-state index contributed by atoms with van der Waals surface area (Å²) in [5, 5.41) is 0. The standard InChI is InChI=1S/C24H24N2O6/c1-29-19-7-9-21(10-8-19)31-16-23(27)25-26-24(28)17-32-22-13-11-20(12-14-22)30-15-18-5-3-2-4-6-18/h2-14H,15-17H2,1H3,(H,25,27)(H,26,28). The Morgan fingerprint density at radius 3 is 1.53 bits per heavy atom. The Balaban J connectivity index is 1.32. The first-order chi connectivity index (χ1) is 15.6. The summed E-state index contributed by atoms with van der Waals surface area (Å²) in [6.07, 6.45) is 0. The van der Waals surface area contributed by atoms with Crippen LogP contribution < -0.4 is 29.8 Å².